The van der Waals surface area contributed by atoms with E-state index in [1.54, 1.807) is 23.3 Å². The van der Waals surface area contributed by atoms with Gasteiger partial charge in [-0.2, -0.15) is 0 Å². The van der Waals surface area contributed by atoms with Crippen LogP contribution in [0.4, 0.5) is 4.79 Å². The average Bonchev–Trinajstić information content (AvgIpc) is 2.97. The van der Waals surface area contributed by atoms with E-state index >= 15 is 0 Å². The van der Waals surface area contributed by atoms with E-state index < -0.39 is 0 Å². The zero-order valence-electron chi connectivity index (χ0n) is 11.0. The van der Waals surface area contributed by atoms with Crippen LogP contribution in [0.5, 0.6) is 0 Å². The number of thiophene rings is 1. The summed E-state index contributed by atoms with van der Waals surface area (Å²) in [5.74, 6) is 0.130. The molecule has 1 aromatic rings. The number of hydrogen-bond donors (Lipinski definition) is 2. The molecule has 3 amide bonds. The van der Waals surface area contributed by atoms with Gasteiger partial charge in [0.2, 0.25) is 5.91 Å². The maximum absolute atomic E-state index is 12.0. The predicted octanol–water partition coefficient (Wildman–Crippen LogP) is 1.42. The van der Waals surface area contributed by atoms with Gasteiger partial charge < -0.3 is 15.5 Å². The van der Waals surface area contributed by atoms with Gasteiger partial charge in [-0.3, -0.25) is 4.79 Å². The molecule has 1 aromatic heterocycles. The smallest absolute Gasteiger partial charge is 0.317 e. The summed E-state index contributed by atoms with van der Waals surface area (Å²) in [6.07, 6.45) is 1.48. The first-order valence-corrected chi connectivity index (χ1v) is 7.35. The molecule has 104 valence electrons. The SMILES string of the molecule is CNC(=O)C1CCN(C(=O)NCc2cccs2)CC1. The monoisotopic (exact) mass is 281 g/mol. The second-order valence-electron chi connectivity index (χ2n) is 4.61. The van der Waals surface area contributed by atoms with Crippen LogP contribution in [0.1, 0.15) is 17.7 Å². The number of hydrogen-bond acceptors (Lipinski definition) is 3. The predicted molar refractivity (Wildman–Crippen MR) is 74.9 cm³/mol. The number of nitrogens with zero attached hydrogens (tertiary/aromatic N) is 1. The van der Waals surface area contributed by atoms with Crippen LogP contribution >= 0.6 is 11.3 Å². The molecule has 6 heteroatoms. The van der Waals surface area contributed by atoms with Crippen LogP contribution < -0.4 is 10.6 Å². The fourth-order valence-corrected chi connectivity index (χ4v) is 2.88. The zero-order chi connectivity index (χ0) is 13.7. The molecule has 2 heterocycles. The number of likely N-dealkylation sites (tertiary alicyclic amines) is 1. The lowest BCUT2D eigenvalue weighted by Gasteiger charge is -2.31. The van der Waals surface area contributed by atoms with Crippen molar-refractivity contribution in [1.82, 2.24) is 15.5 Å². The maximum Gasteiger partial charge on any atom is 0.317 e. The van der Waals surface area contributed by atoms with E-state index in [9.17, 15) is 9.59 Å². The molecule has 0 atom stereocenters. The van der Waals surface area contributed by atoms with Crippen molar-refractivity contribution < 1.29 is 9.59 Å². The lowest BCUT2D eigenvalue weighted by atomic mass is 9.96. The Hall–Kier alpha value is -1.56. The molecule has 2 N–H and O–H groups in total. The molecular formula is C13H19N3O2S. The third-order valence-corrected chi connectivity index (χ3v) is 4.27. The molecule has 1 aliphatic rings. The fraction of sp³-hybridized carbons (Fsp3) is 0.538. The summed E-state index contributed by atoms with van der Waals surface area (Å²) in [4.78, 5) is 26.4. The van der Waals surface area contributed by atoms with Crippen LogP contribution in [0, 0.1) is 5.92 Å². The third-order valence-electron chi connectivity index (χ3n) is 3.39. The van der Waals surface area contributed by atoms with Crippen molar-refractivity contribution in [3.63, 3.8) is 0 Å². The van der Waals surface area contributed by atoms with Crippen molar-refractivity contribution in [1.29, 1.82) is 0 Å². The van der Waals surface area contributed by atoms with Gasteiger partial charge in [0.05, 0.1) is 6.54 Å². The summed E-state index contributed by atoms with van der Waals surface area (Å²) in [6, 6.07) is 3.94. The van der Waals surface area contributed by atoms with Crippen LogP contribution in [0.2, 0.25) is 0 Å². The molecule has 0 spiro atoms. The normalized spacial score (nSPS) is 16.2. The zero-order valence-corrected chi connectivity index (χ0v) is 11.8. The van der Waals surface area contributed by atoms with Crippen molar-refractivity contribution in [2.75, 3.05) is 20.1 Å². The Morgan fingerprint density at radius 2 is 2.16 bits per heavy atom. The van der Waals surface area contributed by atoms with Gasteiger partial charge in [0.15, 0.2) is 0 Å². The molecule has 19 heavy (non-hydrogen) atoms. The molecule has 1 aliphatic heterocycles. The second kappa shape index (κ2) is 6.56. The fourth-order valence-electron chi connectivity index (χ4n) is 2.24. The maximum atomic E-state index is 12.0. The topological polar surface area (TPSA) is 61.4 Å². The van der Waals surface area contributed by atoms with Crippen LogP contribution in [-0.2, 0) is 11.3 Å². The van der Waals surface area contributed by atoms with Crippen LogP contribution in [0.15, 0.2) is 17.5 Å². The minimum atomic E-state index is -0.0382. The highest BCUT2D eigenvalue weighted by Gasteiger charge is 2.26. The van der Waals surface area contributed by atoms with Crippen molar-refractivity contribution in [2.45, 2.75) is 19.4 Å². The highest BCUT2D eigenvalue weighted by Crippen LogP contribution is 2.17. The van der Waals surface area contributed by atoms with E-state index in [0.717, 1.165) is 17.7 Å². The van der Waals surface area contributed by atoms with Gasteiger partial charge in [-0.05, 0) is 24.3 Å². The molecule has 1 fully saturated rings. The molecular weight excluding hydrogens is 262 g/mol. The standard InChI is InChI=1S/C13H19N3O2S/c1-14-12(17)10-4-6-16(7-5-10)13(18)15-9-11-3-2-8-19-11/h2-3,8,10H,4-7,9H2,1H3,(H,14,17)(H,15,18). The highest BCUT2D eigenvalue weighted by molar-refractivity contribution is 7.09. The highest BCUT2D eigenvalue weighted by atomic mass is 32.1. The molecule has 0 bridgehead atoms. The van der Waals surface area contributed by atoms with E-state index in [1.165, 1.54) is 0 Å². The molecule has 0 unspecified atom stereocenters. The summed E-state index contributed by atoms with van der Waals surface area (Å²) in [5.41, 5.74) is 0. The summed E-state index contributed by atoms with van der Waals surface area (Å²) < 4.78 is 0. The lowest BCUT2D eigenvalue weighted by molar-refractivity contribution is -0.125. The number of piperidine rings is 1. The van der Waals surface area contributed by atoms with E-state index in [1.807, 2.05) is 17.5 Å². The number of nitrogens with one attached hydrogen (secondary N) is 2. The number of carbonyl (C=O) groups is 2. The Kier molecular flexibility index (Phi) is 4.79. The van der Waals surface area contributed by atoms with Gasteiger partial charge in [0.1, 0.15) is 0 Å². The number of rotatable bonds is 3. The Balaban J connectivity index is 1.74. The van der Waals surface area contributed by atoms with E-state index in [-0.39, 0.29) is 17.9 Å². The molecule has 0 saturated carbocycles. The summed E-state index contributed by atoms with van der Waals surface area (Å²) >= 11 is 1.63. The number of carbonyl (C=O) groups excluding carboxylic acids is 2. The van der Waals surface area contributed by atoms with Crippen molar-refractivity contribution in [2.24, 2.45) is 5.92 Å². The van der Waals surface area contributed by atoms with Gasteiger partial charge in [-0.1, -0.05) is 6.07 Å². The minimum absolute atomic E-state index is 0.0382. The first kappa shape index (κ1) is 13.9. The van der Waals surface area contributed by atoms with Gasteiger partial charge in [-0.25, -0.2) is 4.79 Å². The van der Waals surface area contributed by atoms with Crippen molar-refractivity contribution >= 4 is 23.3 Å². The number of urea groups is 1. The average molecular weight is 281 g/mol. The summed E-state index contributed by atoms with van der Waals surface area (Å²) in [7, 11) is 1.66. The first-order chi connectivity index (χ1) is 9.20. The van der Waals surface area contributed by atoms with Crippen molar-refractivity contribution in [3.8, 4) is 0 Å². The van der Waals surface area contributed by atoms with Gasteiger partial charge in [0.25, 0.3) is 0 Å². The largest absolute Gasteiger partial charge is 0.359 e. The second-order valence-corrected chi connectivity index (χ2v) is 5.65. The van der Waals surface area contributed by atoms with E-state index in [0.29, 0.717) is 19.6 Å². The quantitative estimate of drug-likeness (QED) is 0.880. The molecule has 0 aliphatic carbocycles. The van der Waals surface area contributed by atoms with E-state index in [4.69, 9.17) is 0 Å². The summed E-state index contributed by atoms with van der Waals surface area (Å²) in [5, 5.41) is 7.57. The Labute approximate surface area is 117 Å². The first-order valence-electron chi connectivity index (χ1n) is 6.47. The Morgan fingerprint density at radius 3 is 2.74 bits per heavy atom. The van der Waals surface area contributed by atoms with Crippen LogP contribution in [-0.4, -0.2) is 37.0 Å². The van der Waals surface area contributed by atoms with Crippen LogP contribution in [0.3, 0.4) is 0 Å². The molecule has 0 radical (unpaired) electrons. The third kappa shape index (κ3) is 3.70. The molecule has 1 saturated heterocycles. The Morgan fingerprint density at radius 1 is 1.42 bits per heavy atom. The lowest BCUT2D eigenvalue weighted by Crippen LogP contribution is -2.46. The minimum Gasteiger partial charge on any atom is -0.359 e. The molecule has 0 aromatic carbocycles. The van der Waals surface area contributed by atoms with Crippen LogP contribution in [0.25, 0.3) is 0 Å². The van der Waals surface area contributed by atoms with Gasteiger partial charge >= 0.3 is 6.03 Å². The van der Waals surface area contributed by atoms with Crippen molar-refractivity contribution in [3.05, 3.63) is 22.4 Å². The molecule has 2 rings (SSSR count). The van der Waals surface area contributed by atoms with Gasteiger partial charge in [0, 0.05) is 30.9 Å². The van der Waals surface area contributed by atoms with Gasteiger partial charge in [-0.15, -0.1) is 11.3 Å². The Bertz CT molecular complexity index is 425. The number of amides is 3. The molecule has 5 nitrogen and oxygen atoms in total. The summed E-state index contributed by atoms with van der Waals surface area (Å²) in [6.45, 7) is 1.87. The van der Waals surface area contributed by atoms with E-state index in [2.05, 4.69) is 10.6 Å².